The smallest absolute Gasteiger partial charge is 0.305 e. The van der Waals surface area contributed by atoms with Crippen LogP contribution in [0.25, 0.3) is 0 Å². The highest BCUT2D eigenvalue weighted by Crippen LogP contribution is 2.06. The SMILES string of the molecule is CCOC(=O)CCCNC(=O)c1ncccc1N. The number of nitrogen functional groups attached to an aromatic ring is 1. The summed E-state index contributed by atoms with van der Waals surface area (Å²) in [5.74, 6) is -0.596. The molecular formula is C12H17N3O3. The summed E-state index contributed by atoms with van der Waals surface area (Å²) in [7, 11) is 0. The lowest BCUT2D eigenvalue weighted by Crippen LogP contribution is -2.26. The van der Waals surface area contributed by atoms with Crippen molar-refractivity contribution in [2.75, 3.05) is 18.9 Å². The normalized spacial score (nSPS) is 9.83. The van der Waals surface area contributed by atoms with E-state index in [1.165, 1.54) is 6.20 Å². The number of esters is 1. The van der Waals surface area contributed by atoms with E-state index < -0.39 is 0 Å². The first kappa shape index (κ1) is 14.0. The molecule has 0 unspecified atom stereocenters. The number of nitrogens with one attached hydrogen (secondary N) is 1. The molecule has 3 N–H and O–H groups in total. The molecule has 0 aromatic carbocycles. The first-order valence-electron chi connectivity index (χ1n) is 5.79. The van der Waals surface area contributed by atoms with Crippen LogP contribution in [0, 0.1) is 0 Å². The molecule has 0 aliphatic rings. The van der Waals surface area contributed by atoms with Crippen LogP contribution in [0.4, 0.5) is 5.69 Å². The fourth-order valence-corrected chi connectivity index (χ4v) is 1.36. The number of amides is 1. The van der Waals surface area contributed by atoms with Gasteiger partial charge in [-0.05, 0) is 25.5 Å². The van der Waals surface area contributed by atoms with E-state index in [4.69, 9.17) is 10.5 Å². The van der Waals surface area contributed by atoms with Crippen molar-refractivity contribution >= 4 is 17.6 Å². The minimum atomic E-state index is -0.336. The highest BCUT2D eigenvalue weighted by atomic mass is 16.5. The predicted octanol–water partition coefficient (Wildman–Crippen LogP) is 0.737. The van der Waals surface area contributed by atoms with Crippen LogP contribution in [0.3, 0.4) is 0 Å². The summed E-state index contributed by atoms with van der Waals surface area (Å²) < 4.78 is 4.77. The summed E-state index contributed by atoms with van der Waals surface area (Å²) in [6.07, 6.45) is 2.31. The highest BCUT2D eigenvalue weighted by Gasteiger charge is 2.10. The van der Waals surface area contributed by atoms with Gasteiger partial charge in [0.05, 0.1) is 12.3 Å². The van der Waals surface area contributed by atoms with Gasteiger partial charge >= 0.3 is 5.97 Å². The van der Waals surface area contributed by atoms with Crippen LogP contribution in [0.2, 0.25) is 0 Å². The molecular weight excluding hydrogens is 234 g/mol. The Balaban J connectivity index is 2.30. The number of rotatable bonds is 6. The van der Waals surface area contributed by atoms with Gasteiger partial charge in [0.25, 0.3) is 5.91 Å². The van der Waals surface area contributed by atoms with Gasteiger partial charge in [-0.3, -0.25) is 9.59 Å². The number of carbonyl (C=O) groups is 2. The lowest BCUT2D eigenvalue weighted by Gasteiger charge is -2.06. The monoisotopic (exact) mass is 251 g/mol. The van der Waals surface area contributed by atoms with Crippen molar-refractivity contribution in [3.63, 3.8) is 0 Å². The van der Waals surface area contributed by atoms with Gasteiger partial charge in [-0.15, -0.1) is 0 Å². The van der Waals surface area contributed by atoms with Crippen molar-refractivity contribution in [3.05, 3.63) is 24.0 Å². The number of hydrogen-bond donors (Lipinski definition) is 2. The van der Waals surface area contributed by atoms with Crippen molar-refractivity contribution in [2.24, 2.45) is 0 Å². The molecule has 0 aliphatic heterocycles. The third-order valence-electron chi connectivity index (χ3n) is 2.20. The van der Waals surface area contributed by atoms with Crippen molar-refractivity contribution < 1.29 is 14.3 Å². The van der Waals surface area contributed by atoms with E-state index >= 15 is 0 Å². The minimum Gasteiger partial charge on any atom is -0.466 e. The molecule has 0 spiro atoms. The predicted molar refractivity (Wildman–Crippen MR) is 66.8 cm³/mol. The van der Waals surface area contributed by atoms with Gasteiger partial charge < -0.3 is 15.8 Å². The zero-order valence-corrected chi connectivity index (χ0v) is 10.3. The number of carbonyl (C=O) groups excluding carboxylic acids is 2. The van der Waals surface area contributed by atoms with Crippen molar-refractivity contribution in [2.45, 2.75) is 19.8 Å². The van der Waals surface area contributed by atoms with Gasteiger partial charge in [-0.25, -0.2) is 4.98 Å². The Bertz CT molecular complexity index is 421. The molecule has 0 bridgehead atoms. The molecule has 0 saturated heterocycles. The minimum absolute atomic E-state index is 0.202. The molecule has 0 atom stereocenters. The standard InChI is InChI=1S/C12H17N3O3/c1-2-18-10(16)6-4-8-15-12(17)11-9(13)5-3-7-14-11/h3,5,7H,2,4,6,8,13H2,1H3,(H,15,17). The van der Waals surface area contributed by atoms with E-state index in [9.17, 15) is 9.59 Å². The second kappa shape index (κ2) is 7.26. The Morgan fingerprint density at radius 1 is 1.50 bits per heavy atom. The highest BCUT2D eigenvalue weighted by molar-refractivity contribution is 5.96. The zero-order chi connectivity index (χ0) is 13.4. The van der Waals surface area contributed by atoms with E-state index in [1.54, 1.807) is 19.1 Å². The van der Waals surface area contributed by atoms with Gasteiger partial charge in [0.15, 0.2) is 5.69 Å². The van der Waals surface area contributed by atoms with Gasteiger partial charge in [-0.2, -0.15) is 0 Å². The zero-order valence-electron chi connectivity index (χ0n) is 10.3. The number of aromatic nitrogens is 1. The van der Waals surface area contributed by atoms with Gasteiger partial charge in [0.2, 0.25) is 0 Å². The van der Waals surface area contributed by atoms with Crippen LogP contribution < -0.4 is 11.1 Å². The molecule has 1 aromatic rings. The molecule has 1 amide bonds. The molecule has 98 valence electrons. The molecule has 0 saturated carbocycles. The number of pyridine rings is 1. The first-order chi connectivity index (χ1) is 8.65. The number of nitrogens with zero attached hydrogens (tertiary/aromatic N) is 1. The van der Waals surface area contributed by atoms with Crippen LogP contribution in [0.5, 0.6) is 0 Å². The van der Waals surface area contributed by atoms with Crippen LogP contribution in [0.15, 0.2) is 18.3 Å². The number of nitrogens with two attached hydrogens (primary N) is 1. The Kier molecular flexibility index (Phi) is 5.63. The van der Waals surface area contributed by atoms with E-state index in [0.29, 0.717) is 25.3 Å². The fraction of sp³-hybridized carbons (Fsp3) is 0.417. The molecule has 0 aliphatic carbocycles. The first-order valence-corrected chi connectivity index (χ1v) is 5.79. The average molecular weight is 251 g/mol. The quantitative estimate of drug-likeness (QED) is 0.574. The molecule has 1 heterocycles. The second-order valence-electron chi connectivity index (χ2n) is 3.61. The summed E-state index contributed by atoms with van der Waals surface area (Å²) in [4.78, 5) is 26.6. The van der Waals surface area contributed by atoms with Gasteiger partial charge in [0.1, 0.15) is 0 Å². The maximum atomic E-state index is 11.7. The van der Waals surface area contributed by atoms with Gasteiger partial charge in [0, 0.05) is 19.2 Å². The third-order valence-corrected chi connectivity index (χ3v) is 2.20. The number of anilines is 1. The Morgan fingerprint density at radius 3 is 2.94 bits per heavy atom. The van der Waals surface area contributed by atoms with E-state index in [-0.39, 0.29) is 24.0 Å². The largest absolute Gasteiger partial charge is 0.466 e. The lowest BCUT2D eigenvalue weighted by molar-refractivity contribution is -0.143. The van der Waals surface area contributed by atoms with Crippen LogP contribution in [-0.4, -0.2) is 30.0 Å². The molecule has 0 radical (unpaired) electrons. The topological polar surface area (TPSA) is 94.3 Å². The summed E-state index contributed by atoms with van der Waals surface area (Å²) in [5, 5.41) is 2.65. The fourth-order valence-electron chi connectivity index (χ4n) is 1.36. The summed E-state index contributed by atoms with van der Waals surface area (Å²) in [5.41, 5.74) is 6.15. The summed E-state index contributed by atoms with van der Waals surface area (Å²) in [6, 6.07) is 3.27. The molecule has 1 rings (SSSR count). The average Bonchev–Trinajstić information content (AvgIpc) is 2.35. The summed E-state index contributed by atoms with van der Waals surface area (Å²) in [6.45, 7) is 2.51. The molecule has 1 aromatic heterocycles. The van der Waals surface area contributed by atoms with Crippen molar-refractivity contribution in [1.82, 2.24) is 10.3 Å². The molecule has 0 fully saturated rings. The third kappa shape index (κ3) is 4.40. The number of ether oxygens (including phenoxy) is 1. The maximum absolute atomic E-state index is 11.7. The number of hydrogen-bond acceptors (Lipinski definition) is 5. The van der Waals surface area contributed by atoms with E-state index in [1.807, 2.05) is 0 Å². The van der Waals surface area contributed by atoms with E-state index in [0.717, 1.165) is 0 Å². The van der Waals surface area contributed by atoms with Crippen molar-refractivity contribution in [1.29, 1.82) is 0 Å². The molecule has 6 heteroatoms. The summed E-state index contributed by atoms with van der Waals surface area (Å²) >= 11 is 0. The second-order valence-corrected chi connectivity index (χ2v) is 3.61. The lowest BCUT2D eigenvalue weighted by atomic mass is 10.2. The maximum Gasteiger partial charge on any atom is 0.305 e. The van der Waals surface area contributed by atoms with Crippen LogP contribution >= 0.6 is 0 Å². The molecule has 6 nitrogen and oxygen atoms in total. The van der Waals surface area contributed by atoms with E-state index in [2.05, 4.69) is 10.3 Å². The Morgan fingerprint density at radius 2 is 2.28 bits per heavy atom. The Labute approximate surface area is 106 Å². The van der Waals surface area contributed by atoms with Gasteiger partial charge in [-0.1, -0.05) is 0 Å². The Hall–Kier alpha value is -2.11. The van der Waals surface area contributed by atoms with Crippen LogP contribution in [-0.2, 0) is 9.53 Å². The molecule has 18 heavy (non-hydrogen) atoms. The van der Waals surface area contributed by atoms with Crippen LogP contribution in [0.1, 0.15) is 30.3 Å². The van der Waals surface area contributed by atoms with Crippen molar-refractivity contribution in [3.8, 4) is 0 Å².